The number of carbonyl (C=O) groups is 5. The van der Waals surface area contributed by atoms with Crippen LogP contribution in [0.3, 0.4) is 0 Å². The fraction of sp³-hybridized carbons (Fsp3) is 0.645. The molecule has 9 aliphatic heterocycles. The molecule has 3 aromatic heterocycles. The van der Waals surface area contributed by atoms with Gasteiger partial charge in [0.25, 0.3) is 0 Å². The number of cyclic esters (lactones) is 1. The number of nitrogens with zero attached hydrogens (tertiary/aromatic N) is 11. The molecular weight excluding hydrogens is 1650 g/mol. The van der Waals surface area contributed by atoms with Gasteiger partial charge in [0.2, 0.25) is 17.8 Å². The fourth-order valence-electron chi connectivity index (χ4n) is 20.0. The van der Waals surface area contributed by atoms with Gasteiger partial charge in [-0.15, -0.1) is 0 Å². The number of piperidine rings is 1. The van der Waals surface area contributed by atoms with E-state index in [-0.39, 0.29) is 73.8 Å². The van der Waals surface area contributed by atoms with E-state index >= 15 is 0 Å². The Balaban J connectivity index is 0.000000188. The Bertz CT molecular complexity index is 4750. The van der Waals surface area contributed by atoms with Crippen molar-refractivity contribution >= 4 is 87.6 Å². The van der Waals surface area contributed by atoms with Gasteiger partial charge in [0, 0.05) is 96.0 Å². The molecule has 6 bridgehead atoms. The Morgan fingerprint density at radius 1 is 0.758 bits per heavy atom. The Labute approximate surface area is 739 Å². The second-order valence-electron chi connectivity index (χ2n) is 36.8. The first-order valence-electron chi connectivity index (χ1n) is 44.1. The van der Waals surface area contributed by atoms with E-state index in [1.54, 1.807) is 53.9 Å². The Hall–Kier alpha value is -7.20. The number of unbranched alkanes of at least 4 members (excludes halogenated alkanes) is 1. The zero-order valence-corrected chi connectivity index (χ0v) is 77.7. The molecule has 124 heavy (non-hydrogen) atoms. The summed E-state index contributed by atoms with van der Waals surface area (Å²) in [6.07, 6.45) is 15.1. The minimum absolute atomic E-state index is 0.00676. The largest absolute Gasteiger partial charge is 0.459 e. The number of aliphatic imine (C=N–C) groups is 2. The van der Waals surface area contributed by atoms with E-state index in [0.717, 1.165) is 148 Å². The van der Waals surface area contributed by atoms with Crippen molar-refractivity contribution in [1.29, 1.82) is 0 Å². The van der Waals surface area contributed by atoms with Gasteiger partial charge in [0.15, 0.2) is 12.6 Å². The number of aromatic nitrogens is 4. The maximum atomic E-state index is 14.2. The van der Waals surface area contributed by atoms with Crippen LogP contribution in [0.5, 0.6) is 0 Å². The number of piperazine rings is 1. The van der Waals surface area contributed by atoms with E-state index in [0.29, 0.717) is 44.5 Å². The van der Waals surface area contributed by atoms with Gasteiger partial charge < -0.3 is 68.7 Å². The molecule has 0 unspecified atom stereocenters. The number of aliphatic hydroxyl groups is 5. The molecule has 2 amide bonds. The van der Waals surface area contributed by atoms with Crippen molar-refractivity contribution in [3.8, 4) is 0 Å². The monoisotopic (exact) mass is 1780 g/mol. The van der Waals surface area contributed by atoms with Crippen LogP contribution >= 0.6 is 10.1 Å². The summed E-state index contributed by atoms with van der Waals surface area (Å²) < 4.78 is 41.8. The van der Waals surface area contributed by atoms with Crippen LogP contribution in [0.25, 0.3) is 30.4 Å². The second-order valence-corrected chi connectivity index (χ2v) is 39.4. The third kappa shape index (κ3) is 21.0. The molecule has 12 heterocycles. The topological polar surface area (TPSA) is 359 Å². The summed E-state index contributed by atoms with van der Waals surface area (Å²) in [7, 11) is 14.8. The number of carbonyl (C=O) groups excluding carboxylic acids is 3. The maximum absolute atomic E-state index is 14.2. The number of hydrogen-bond donors (Lipinski definition) is 7. The molecule has 1 spiro atoms. The fourth-order valence-corrected chi connectivity index (χ4v) is 23.1. The average Bonchev–Trinajstić information content (AvgIpc) is 1.56. The van der Waals surface area contributed by atoms with Crippen molar-refractivity contribution in [1.82, 2.24) is 36.7 Å². The van der Waals surface area contributed by atoms with Crippen LogP contribution < -0.4 is 15.6 Å². The minimum Gasteiger partial charge on any atom is -0.459 e. The standard InChI is InChI=1S/C38H72N2O12.C34H34N4O4.C21H31N5O2.ClH.Fe/c1-15-27-38(10,46)31(42)24(6)40(13)19-20(2)17-36(8,45)33(52-35-29(41)26(39(11)12)16-21(3)48-35)22(4)30(23(5)34(44)50-27)51-28-18-37(9,47-14)32(43)25(7)49-28;1-7-21-17(3)25-13-26-19(5)23(9-11-33(39)40)31(37-26)16-32-24(10-12-34(41)42)20(6)28(38-32)15-30-22(8-2)18(4)27(36-30)14-29(21)35-25;27-18-16-21(6-1-2-7-21)17-19(28)26(18)11-4-3-10-24-12-14-25(15-13-24)20-22-8-5-9-23-20;;/h20-33,35,41-43,45-46H,15-19H2,1-14H3;7-8,13-16H,1-2,9-12H2,3-6H3,(H4,35,36,37,38,39,40,41,42);5,8-9H,1-4,6-7,10-17H2;1H;/q;;;;+3/p-3/b;25-13?,26-13-,27-14-,28-15-,29-14?,30-15?,31-16?,32-16-;;;/t20-,21-,22+,23-,24-,25+,26+,27-,28+,29-,30+,31-,32+,33-,35+,36-,37-,38-;;;;/m1..../s1. The van der Waals surface area contributed by atoms with E-state index in [9.17, 15) is 59.7 Å². The molecule has 0 radical (unpaired) electrons. The van der Waals surface area contributed by atoms with Gasteiger partial charge in [0.1, 0.15) is 30.0 Å². The number of fused-ring (bicyclic) bond motifs is 2. The zero-order valence-electron chi connectivity index (χ0n) is 75.8. The summed E-state index contributed by atoms with van der Waals surface area (Å²) in [6, 6.07) is 1.03. The number of methoxy groups -OCH3 is 1. The number of ether oxygens (including phenoxy) is 6. The molecule has 29 nitrogen and oxygen atoms in total. The number of halogens is 1. The molecule has 0 aromatic carbocycles. The molecule has 6 fully saturated rings. The summed E-state index contributed by atoms with van der Waals surface area (Å²) in [4.78, 5) is 91.4. The molecule has 10 aliphatic rings. The van der Waals surface area contributed by atoms with Crippen LogP contribution in [0.4, 0.5) is 5.95 Å². The first-order valence-corrected chi connectivity index (χ1v) is 46.6. The number of aliphatic hydroxyl groups excluding tert-OH is 3. The summed E-state index contributed by atoms with van der Waals surface area (Å²) in [5.41, 5.74) is 7.72. The van der Waals surface area contributed by atoms with Crippen LogP contribution in [-0.4, -0.2) is 278 Å². The van der Waals surface area contributed by atoms with Crippen molar-refractivity contribution < 1.29 is 102 Å². The van der Waals surface area contributed by atoms with Crippen LogP contribution in [0.1, 0.15) is 213 Å². The maximum Gasteiger partial charge on any atom is 0.311 e. The van der Waals surface area contributed by atoms with E-state index in [1.807, 2.05) is 116 Å². The van der Waals surface area contributed by atoms with E-state index in [2.05, 4.69) is 46.2 Å². The van der Waals surface area contributed by atoms with Gasteiger partial charge >= 0.3 is 271 Å². The van der Waals surface area contributed by atoms with Crippen LogP contribution in [0.15, 0.2) is 81.4 Å². The Morgan fingerprint density at radius 3 is 1.98 bits per heavy atom. The number of imide groups is 1. The van der Waals surface area contributed by atoms with E-state index < -0.39 is 121 Å². The quantitative estimate of drug-likeness (QED) is 0.0226. The number of amides is 2. The zero-order chi connectivity index (χ0) is 90.7. The van der Waals surface area contributed by atoms with Gasteiger partial charge in [-0.2, -0.15) is 0 Å². The number of aliphatic carboxylic acids is 2. The molecular formula is C93H135ClFeN11O18. The molecule has 31 heteroatoms. The van der Waals surface area contributed by atoms with Crippen molar-refractivity contribution in [2.45, 2.75) is 290 Å². The number of hydrogen-bond acceptors (Lipinski definition) is 24. The van der Waals surface area contributed by atoms with Crippen molar-refractivity contribution in [2.75, 3.05) is 79.0 Å². The molecule has 18 atom stereocenters. The number of carboxylic acid groups (broad SMARTS) is 2. The number of rotatable bonds is 21. The van der Waals surface area contributed by atoms with Gasteiger partial charge in [-0.3, -0.25) is 24.2 Å². The molecule has 1 saturated carbocycles. The van der Waals surface area contributed by atoms with Crippen LogP contribution in [-0.2, 0) is 72.2 Å². The van der Waals surface area contributed by atoms with Crippen molar-refractivity contribution in [3.05, 3.63) is 116 Å². The number of allylic oxidation sites excluding steroid dienone is 5. The smallest absolute Gasteiger partial charge is 0.311 e. The van der Waals surface area contributed by atoms with Gasteiger partial charge in [0.05, 0.1) is 41.5 Å². The second kappa shape index (κ2) is 40.6. The molecule has 1 aliphatic carbocycles. The summed E-state index contributed by atoms with van der Waals surface area (Å²) in [6.45, 7) is 39.8. The van der Waals surface area contributed by atoms with Crippen molar-refractivity contribution in [3.63, 3.8) is 0 Å². The van der Waals surface area contributed by atoms with Crippen LogP contribution in [0, 0.1) is 37.0 Å². The third-order valence-corrected chi connectivity index (χ3v) is 30.4. The number of carboxylic acids is 2. The normalized spacial score (nSPS) is 33.5. The summed E-state index contributed by atoms with van der Waals surface area (Å²) in [5, 5.41) is 78.9. The molecule has 5 saturated heterocycles. The van der Waals surface area contributed by atoms with Crippen LogP contribution in [0.2, 0.25) is 0 Å². The van der Waals surface area contributed by atoms with Crippen molar-refractivity contribution in [2.24, 2.45) is 33.2 Å². The Morgan fingerprint density at radius 2 is 1.37 bits per heavy atom. The molecule has 13 rings (SSSR count). The average molecular weight is 1790 g/mol. The molecule has 7 N–H and O–H groups in total. The Kier molecular flexibility index (Phi) is 31.9. The first kappa shape index (κ1) is 97.4. The SMILES string of the molecule is C=CC1=C(C)/C2=C/c3c(C=C)c(C)c4[n]3[Fe]([Cl])[n]3/c(c(C)c(CCC(=O)O)/c3=C/C3=NC(=C\4)/C(C)=C3CCC(=O)O)=C\C1=N2.CC[C@H]1OC(=O)[C@H](C)[C@@H](O[C@H]2C[C@@](C)(OC)[C@@H](O)[C@H](C)O2)[C@H](C)[C@@H](O[C@@H]2O[C@H](C)C[C@H](N(C)C)[C@H]2O)[C@](C)(O)C[C@@H](C)CN(C)[C@H](C)[C@@H](O)[C@]1(C)O.O=C1CC2(CCCC2)CC(=O)N1CCCCN1CCN(c2ncccn2)CC1. The summed E-state index contributed by atoms with van der Waals surface area (Å²) in [5.74, 6) is -3.43. The molecule has 3 aromatic rings. The van der Waals surface area contributed by atoms with E-state index in [1.165, 1.54) is 31.8 Å². The number of likely N-dealkylation sites (tertiary alicyclic amines) is 1. The van der Waals surface area contributed by atoms with Gasteiger partial charge in [-0.05, 0) is 138 Å². The predicted molar refractivity (Wildman–Crippen MR) is 473 cm³/mol. The van der Waals surface area contributed by atoms with Gasteiger partial charge in [-0.1, -0.05) is 33.6 Å². The number of likely N-dealkylation sites (N-methyl/N-ethyl adjacent to an activating group) is 2. The minimum atomic E-state index is -1.91. The molecule has 685 valence electrons. The first-order chi connectivity index (χ1) is 58.5. The third-order valence-electron chi connectivity index (χ3n) is 27.5. The van der Waals surface area contributed by atoms with Gasteiger partial charge in [-0.25, -0.2) is 9.97 Å². The predicted octanol–water partition coefficient (Wildman–Crippen LogP) is 9.42. The number of anilines is 1. The van der Waals surface area contributed by atoms with E-state index in [4.69, 9.17) is 48.5 Å². The summed E-state index contributed by atoms with van der Waals surface area (Å²) >= 11 is -1.91. The number of esters is 1.